The number of piperazine rings is 1. The van der Waals surface area contributed by atoms with E-state index in [-0.39, 0.29) is 19.0 Å². The summed E-state index contributed by atoms with van der Waals surface area (Å²) in [5.41, 5.74) is 1.98. The Balaban J connectivity index is 1.42. The molecule has 0 aliphatic carbocycles. The van der Waals surface area contributed by atoms with Crippen LogP contribution in [0.4, 0.5) is 8.78 Å². The average Bonchev–Trinajstić information content (AvgIpc) is 2.72. The second-order valence-electron chi connectivity index (χ2n) is 7.46. The number of halogens is 2. The van der Waals surface area contributed by atoms with Crippen molar-refractivity contribution in [2.24, 2.45) is 0 Å². The molecule has 2 aromatic rings. The Hall–Kier alpha value is -2.76. The molecule has 0 bridgehead atoms. The molecule has 2 amide bonds. The van der Waals surface area contributed by atoms with Crippen molar-refractivity contribution < 1.29 is 18.4 Å². The molecule has 0 saturated carbocycles. The van der Waals surface area contributed by atoms with E-state index in [1.54, 1.807) is 4.90 Å². The molecule has 4 nitrogen and oxygen atoms in total. The molecule has 0 radical (unpaired) electrons. The number of unbranched alkanes of at least 4 members (excludes halogenated alkanes) is 1. The first kappa shape index (κ1) is 21.0. The number of carbonyl (C=O) groups is 2. The van der Waals surface area contributed by atoms with E-state index in [0.29, 0.717) is 19.5 Å². The number of rotatable bonds is 6. The molecule has 0 unspecified atom stereocenters. The molecule has 0 aromatic heterocycles. The molecule has 0 N–H and O–H groups in total. The van der Waals surface area contributed by atoms with Gasteiger partial charge in [-0.3, -0.25) is 9.59 Å². The average molecular weight is 400 g/mol. The fourth-order valence-corrected chi connectivity index (χ4v) is 3.54. The summed E-state index contributed by atoms with van der Waals surface area (Å²) in [5, 5.41) is 0. The van der Waals surface area contributed by atoms with Gasteiger partial charge < -0.3 is 9.80 Å². The van der Waals surface area contributed by atoms with Crippen molar-refractivity contribution in [1.29, 1.82) is 0 Å². The molecule has 0 atom stereocenters. The van der Waals surface area contributed by atoms with Gasteiger partial charge >= 0.3 is 0 Å². The van der Waals surface area contributed by atoms with Crippen molar-refractivity contribution in [3.63, 3.8) is 0 Å². The van der Waals surface area contributed by atoms with Crippen LogP contribution in [0.15, 0.2) is 42.5 Å². The van der Waals surface area contributed by atoms with Gasteiger partial charge in [-0.2, -0.15) is 0 Å². The van der Waals surface area contributed by atoms with Crippen molar-refractivity contribution in [3.05, 3.63) is 70.8 Å². The minimum atomic E-state index is -0.859. The predicted octanol–water partition coefficient (Wildman–Crippen LogP) is 3.97. The van der Waals surface area contributed by atoms with Crippen LogP contribution in [0.5, 0.6) is 0 Å². The Kier molecular flexibility index (Phi) is 6.96. The predicted molar refractivity (Wildman–Crippen MR) is 108 cm³/mol. The highest BCUT2D eigenvalue weighted by Gasteiger charge is 2.27. The summed E-state index contributed by atoms with van der Waals surface area (Å²) >= 11 is 0. The van der Waals surface area contributed by atoms with Crippen LogP contribution in [-0.4, -0.2) is 47.8 Å². The summed E-state index contributed by atoms with van der Waals surface area (Å²) in [5.74, 6) is -2.31. The monoisotopic (exact) mass is 400 g/mol. The number of hydrogen-bond donors (Lipinski definition) is 0. The lowest BCUT2D eigenvalue weighted by atomic mass is 10.1. The summed E-state index contributed by atoms with van der Waals surface area (Å²) in [6.45, 7) is 3.39. The third-order valence-electron chi connectivity index (χ3n) is 5.32. The largest absolute Gasteiger partial charge is 0.339 e. The number of nitrogens with zero attached hydrogens (tertiary/aromatic N) is 2. The molecule has 1 saturated heterocycles. The highest BCUT2D eigenvalue weighted by atomic mass is 19.1. The van der Waals surface area contributed by atoms with Crippen LogP contribution >= 0.6 is 0 Å². The fourth-order valence-electron chi connectivity index (χ4n) is 3.54. The van der Waals surface area contributed by atoms with Gasteiger partial charge in [0.1, 0.15) is 17.2 Å². The van der Waals surface area contributed by atoms with Crippen molar-refractivity contribution in [1.82, 2.24) is 9.80 Å². The zero-order valence-corrected chi connectivity index (χ0v) is 16.7. The molecule has 3 rings (SSSR count). The van der Waals surface area contributed by atoms with Gasteiger partial charge in [0.15, 0.2) is 0 Å². The fraction of sp³-hybridized carbons (Fsp3) is 0.391. The molecular formula is C23H26F2N2O2. The number of hydrogen-bond acceptors (Lipinski definition) is 2. The third kappa shape index (κ3) is 5.40. The van der Waals surface area contributed by atoms with E-state index in [1.165, 1.54) is 22.1 Å². The lowest BCUT2D eigenvalue weighted by Crippen LogP contribution is -2.50. The Bertz CT molecular complexity index is 839. The minimum absolute atomic E-state index is 0.0677. The van der Waals surface area contributed by atoms with Gasteiger partial charge in [0, 0.05) is 32.6 Å². The lowest BCUT2D eigenvalue weighted by Gasteiger charge is -2.35. The zero-order valence-electron chi connectivity index (χ0n) is 16.7. The highest BCUT2D eigenvalue weighted by molar-refractivity contribution is 5.95. The highest BCUT2D eigenvalue weighted by Crippen LogP contribution is 2.17. The van der Waals surface area contributed by atoms with E-state index in [4.69, 9.17) is 0 Å². The first-order valence-electron chi connectivity index (χ1n) is 10.0. The molecule has 29 heavy (non-hydrogen) atoms. The molecule has 1 aliphatic heterocycles. The van der Waals surface area contributed by atoms with E-state index in [9.17, 15) is 18.4 Å². The molecular weight excluding hydrogens is 374 g/mol. The summed E-state index contributed by atoms with van der Waals surface area (Å²) in [6, 6.07) is 11.8. The SMILES string of the molecule is Cc1ccc(CCCCC(=O)N2CCN(C(=O)c3c(F)cccc3F)CC2)cc1. The smallest absolute Gasteiger partial charge is 0.259 e. The topological polar surface area (TPSA) is 40.6 Å². The Labute approximate surface area is 170 Å². The minimum Gasteiger partial charge on any atom is -0.339 e. The summed E-state index contributed by atoms with van der Waals surface area (Å²) in [4.78, 5) is 28.0. The Morgan fingerprint density at radius 2 is 1.45 bits per heavy atom. The van der Waals surface area contributed by atoms with Crippen molar-refractivity contribution >= 4 is 11.8 Å². The quantitative estimate of drug-likeness (QED) is 0.689. The molecule has 1 aliphatic rings. The van der Waals surface area contributed by atoms with Crippen LogP contribution in [0, 0.1) is 18.6 Å². The van der Waals surface area contributed by atoms with Gasteiger partial charge in [0.25, 0.3) is 5.91 Å². The second kappa shape index (κ2) is 9.63. The van der Waals surface area contributed by atoms with E-state index >= 15 is 0 Å². The lowest BCUT2D eigenvalue weighted by molar-refractivity contribution is -0.132. The van der Waals surface area contributed by atoms with Crippen molar-refractivity contribution in [2.45, 2.75) is 32.6 Å². The van der Waals surface area contributed by atoms with Gasteiger partial charge in [-0.05, 0) is 43.9 Å². The van der Waals surface area contributed by atoms with Gasteiger partial charge in [-0.15, -0.1) is 0 Å². The maximum Gasteiger partial charge on any atom is 0.259 e. The van der Waals surface area contributed by atoms with E-state index in [1.807, 2.05) is 0 Å². The Morgan fingerprint density at radius 1 is 0.862 bits per heavy atom. The van der Waals surface area contributed by atoms with Crippen molar-refractivity contribution in [3.8, 4) is 0 Å². The number of amides is 2. The van der Waals surface area contributed by atoms with Crippen LogP contribution in [0.3, 0.4) is 0 Å². The van der Waals surface area contributed by atoms with Crippen LogP contribution in [0.25, 0.3) is 0 Å². The second-order valence-corrected chi connectivity index (χ2v) is 7.46. The van der Waals surface area contributed by atoms with E-state index in [0.717, 1.165) is 31.4 Å². The van der Waals surface area contributed by atoms with Gasteiger partial charge in [0.05, 0.1) is 0 Å². The molecule has 154 valence electrons. The summed E-state index contributed by atoms with van der Waals surface area (Å²) in [7, 11) is 0. The van der Waals surface area contributed by atoms with Crippen LogP contribution in [-0.2, 0) is 11.2 Å². The molecule has 1 fully saturated rings. The van der Waals surface area contributed by atoms with E-state index in [2.05, 4.69) is 31.2 Å². The maximum absolute atomic E-state index is 13.8. The summed E-state index contributed by atoms with van der Waals surface area (Å²) < 4.78 is 27.6. The molecule has 2 aromatic carbocycles. The molecule has 6 heteroatoms. The number of aryl methyl sites for hydroxylation is 2. The van der Waals surface area contributed by atoms with Gasteiger partial charge in [0.2, 0.25) is 5.91 Å². The number of carbonyl (C=O) groups excluding carboxylic acids is 2. The first-order chi connectivity index (χ1) is 14.0. The first-order valence-corrected chi connectivity index (χ1v) is 10.0. The molecule has 1 heterocycles. The van der Waals surface area contributed by atoms with E-state index < -0.39 is 23.1 Å². The third-order valence-corrected chi connectivity index (χ3v) is 5.32. The van der Waals surface area contributed by atoms with Crippen LogP contribution in [0.2, 0.25) is 0 Å². The van der Waals surface area contributed by atoms with Crippen molar-refractivity contribution in [2.75, 3.05) is 26.2 Å². The normalized spacial score (nSPS) is 14.2. The van der Waals surface area contributed by atoms with Crippen LogP contribution < -0.4 is 0 Å². The van der Waals surface area contributed by atoms with Crippen LogP contribution in [0.1, 0.15) is 40.7 Å². The molecule has 0 spiro atoms. The number of benzene rings is 2. The zero-order chi connectivity index (χ0) is 20.8. The van der Waals surface area contributed by atoms with Gasteiger partial charge in [-0.25, -0.2) is 8.78 Å². The summed E-state index contributed by atoms with van der Waals surface area (Å²) in [6.07, 6.45) is 3.18. The maximum atomic E-state index is 13.8. The standard InChI is InChI=1S/C23H26F2N2O2/c1-17-9-11-18(12-10-17)5-2-3-8-21(28)26-13-15-27(16-14-26)23(29)22-19(24)6-4-7-20(22)25/h4,6-7,9-12H,2-3,5,8,13-16H2,1H3. The van der Waals surface area contributed by atoms with Gasteiger partial charge in [-0.1, -0.05) is 35.9 Å². The Morgan fingerprint density at radius 3 is 2.07 bits per heavy atom.